The van der Waals surface area contributed by atoms with E-state index in [0.29, 0.717) is 11.4 Å². The van der Waals surface area contributed by atoms with Gasteiger partial charge in [-0.25, -0.2) is 0 Å². The molecule has 0 saturated heterocycles. The molecule has 2 rings (SSSR count). The lowest BCUT2D eigenvalue weighted by molar-refractivity contribution is -0.124. The second kappa shape index (κ2) is 6.70. The van der Waals surface area contributed by atoms with Gasteiger partial charge in [-0.1, -0.05) is 18.2 Å². The zero-order valence-electron chi connectivity index (χ0n) is 12.1. The molecule has 0 aromatic heterocycles. The number of hydrogen-bond donors (Lipinski definition) is 1. The fourth-order valence-corrected chi connectivity index (χ4v) is 1.89. The van der Waals surface area contributed by atoms with Crippen molar-refractivity contribution in [3.63, 3.8) is 0 Å². The van der Waals surface area contributed by atoms with Crippen molar-refractivity contribution in [1.29, 1.82) is 0 Å². The van der Waals surface area contributed by atoms with Crippen LogP contribution in [0.25, 0.3) is 0 Å². The van der Waals surface area contributed by atoms with Crippen molar-refractivity contribution >= 4 is 17.4 Å². The number of para-hydroxylation sites is 1. The van der Waals surface area contributed by atoms with E-state index in [9.17, 15) is 9.59 Å². The second-order valence-corrected chi connectivity index (χ2v) is 4.82. The van der Waals surface area contributed by atoms with Gasteiger partial charge in [-0.15, -0.1) is 0 Å². The van der Waals surface area contributed by atoms with Gasteiger partial charge in [0, 0.05) is 5.69 Å². The molecule has 0 saturated carbocycles. The van der Waals surface area contributed by atoms with E-state index in [-0.39, 0.29) is 18.1 Å². The lowest BCUT2D eigenvalue weighted by Crippen LogP contribution is -2.15. The summed E-state index contributed by atoms with van der Waals surface area (Å²) in [7, 11) is 0. The number of benzene rings is 2. The minimum atomic E-state index is -0.303. The first-order valence-electron chi connectivity index (χ1n) is 6.67. The molecule has 21 heavy (non-hydrogen) atoms. The Balaban J connectivity index is 2.07. The van der Waals surface area contributed by atoms with Crippen LogP contribution in [0.1, 0.15) is 18.9 Å². The van der Waals surface area contributed by atoms with Gasteiger partial charge in [-0.3, -0.25) is 9.59 Å². The zero-order valence-corrected chi connectivity index (χ0v) is 12.1. The first kappa shape index (κ1) is 14.8. The van der Waals surface area contributed by atoms with Crippen LogP contribution in [0.2, 0.25) is 0 Å². The number of ketones is 1. The predicted octanol–water partition coefficient (Wildman–Crippen LogP) is 3.70. The average molecular weight is 283 g/mol. The quantitative estimate of drug-likeness (QED) is 0.851. The van der Waals surface area contributed by atoms with Crippen molar-refractivity contribution in [3.05, 3.63) is 54.1 Å². The molecule has 2 aromatic carbocycles. The van der Waals surface area contributed by atoms with E-state index in [1.165, 1.54) is 6.92 Å². The smallest absolute Gasteiger partial charge is 0.231 e. The molecular weight excluding hydrogens is 266 g/mol. The van der Waals surface area contributed by atoms with Crippen LogP contribution < -0.4 is 10.1 Å². The summed E-state index contributed by atoms with van der Waals surface area (Å²) in [6.45, 7) is 3.27. The van der Waals surface area contributed by atoms with E-state index in [4.69, 9.17) is 4.74 Å². The maximum Gasteiger partial charge on any atom is 0.231 e. The number of rotatable bonds is 5. The Bertz CT molecular complexity index is 650. The van der Waals surface area contributed by atoms with Gasteiger partial charge in [-0.2, -0.15) is 0 Å². The molecule has 4 heteroatoms. The molecule has 1 amide bonds. The average Bonchev–Trinajstić information content (AvgIpc) is 2.42. The minimum absolute atomic E-state index is 0.109. The number of amides is 1. The summed E-state index contributed by atoms with van der Waals surface area (Å²) in [4.78, 5) is 22.5. The Labute approximate surface area is 123 Å². The first-order chi connectivity index (χ1) is 10.0. The van der Waals surface area contributed by atoms with Gasteiger partial charge in [0.2, 0.25) is 5.91 Å². The molecule has 0 aliphatic carbocycles. The summed E-state index contributed by atoms with van der Waals surface area (Å²) in [6, 6.07) is 14.9. The SMILES string of the molecule is CC(=O)CC(=O)Nc1ccc(Oc2ccccc2)cc1C. The molecule has 0 aliphatic rings. The molecule has 0 spiro atoms. The maximum absolute atomic E-state index is 11.6. The van der Waals surface area contributed by atoms with Gasteiger partial charge in [0.15, 0.2) is 0 Å². The number of hydrogen-bond acceptors (Lipinski definition) is 3. The van der Waals surface area contributed by atoms with Gasteiger partial charge >= 0.3 is 0 Å². The standard InChI is InChI=1S/C17H17NO3/c1-12-10-15(21-14-6-4-3-5-7-14)8-9-16(12)18-17(20)11-13(2)19/h3-10H,11H2,1-2H3,(H,18,20). The zero-order chi connectivity index (χ0) is 15.2. The highest BCUT2D eigenvalue weighted by Crippen LogP contribution is 2.25. The van der Waals surface area contributed by atoms with Gasteiger partial charge in [-0.05, 0) is 49.7 Å². The third-order valence-electron chi connectivity index (χ3n) is 2.86. The number of carbonyl (C=O) groups is 2. The van der Waals surface area contributed by atoms with Crippen molar-refractivity contribution in [3.8, 4) is 11.5 Å². The highest BCUT2D eigenvalue weighted by Gasteiger charge is 2.08. The van der Waals surface area contributed by atoms with Gasteiger partial charge in [0.1, 0.15) is 17.3 Å². The molecule has 0 fully saturated rings. The second-order valence-electron chi connectivity index (χ2n) is 4.82. The van der Waals surface area contributed by atoms with E-state index in [1.54, 1.807) is 12.1 Å². The van der Waals surface area contributed by atoms with Gasteiger partial charge in [0.25, 0.3) is 0 Å². The summed E-state index contributed by atoms with van der Waals surface area (Å²) in [5.74, 6) is 0.991. The van der Waals surface area contributed by atoms with Crippen LogP contribution >= 0.6 is 0 Å². The Hall–Kier alpha value is -2.62. The normalized spacial score (nSPS) is 10.0. The molecule has 0 unspecified atom stereocenters. The molecule has 1 N–H and O–H groups in total. The van der Waals surface area contributed by atoms with E-state index in [1.807, 2.05) is 43.3 Å². The van der Waals surface area contributed by atoms with Crippen LogP contribution in [0.3, 0.4) is 0 Å². The first-order valence-corrected chi connectivity index (χ1v) is 6.67. The largest absolute Gasteiger partial charge is 0.457 e. The third-order valence-corrected chi connectivity index (χ3v) is 2.86. The van der Waals surface area contributed by atoms with E-state index in [0.717, 1.165) is 11.3 Å². The molecule has 0 atom stereocenters. The number of carbonyl (C=O) groups excluding carboxylic acids is 2. The summed E-state index contributed by atoms with van der Waals surface area (Å²) in [6.07, 6.45) is -0.109. The molecule has 2 aromatic rings. The maximum atomic E-state index is 11.6. The number of ether oxygens (including phenoxy) is 1. The van der Waals surface area contributed by atoms with E-state index >= 15 is 0 Å². The van der Waals surface area contributed by atoms with Crippen LogP contribution in [-0.4, -0.2) is 11.7 Å². The van der Waals surface area contributed by atoms with E-state index in [2.05, 4.69) is 5.32 Å². The van der Waals surface area contributed by atoms with Gasteiger partial charge in [0.05, 0.1) is 6.42 Å². The van der Waals surface area contributed by atoms with Crippen LogP contribution in [0.5, 0.6) is 11.5 Å². The highest BCUT2D eigenvalue weighted by atomic mass is 16.5. The lowest BCUT2D eigenvalue weighted by atomic mass is 10.2. The van der Waals surface area contributed by atoms with Gasteiger partial charge < -0.3 is 10.1 Å². The molecule has 0 heterocycles. The van der Waals surface area contributed by atoms with Crippen LogP contribution in [-0.2, 0) is 9.59 Å². The summed E-state index contributed by atoms with van der Waals surface area (Å²) in [5.41, 5.74) is 1.56. The topological polar surface area (TPSA) is 55.4 Å². The summed E-state index contributed by atoms with van der Waals surface area (Å²) >= 11 is 0. The number of anilines is 1. The van der Waals surface area contributed by atoms with E-state index < -0.39 is 0 Å². The third kappa shape index (κ3) is 4.45. The molecule has 4 nitrogen and oxygen atoms in total. The highest BCUT2D eigenvalue weighted by molar-refractivity contribution is 6.03. The van der Waals surface area contributed by atoms with Crippen molar-refractivity contribution in [1.82, 2.24) is 0 Å². The van der Waals surface area contributed by atoms with Crippen LogP contribution in [0.4, 0.5) is 5.69 Å². The Kier molecular flexibility index (Phi) is 4.72. The Morgan fingerprint density at radius 2 is 1.76 bits per heavy atom. The number of aryl methyl sites for hydroxylation is 1. The Morgan fingerprint density at radius 1 is 1.05 bits per heavy atom. The van der Waals surface area contributed by atoms with Crippen molar-refractivity contribution in [2.75, 3.05) is 5.32 Å². The number of Topliss-reactive ketones (excluding diaryl/α,β-unsaturated/α-hetero) is 1. The van der Waals surface area contributed by atoms with Crippen molar-refractivity contribution < 1.29 is 14.3 Å². The lowest BCUT2D eigenvalue weighted by Gasteiger charge is -2.11. The number of nitrogens with one attached hydrogen (secondary N) is 1. The molecule has 0 aliphatic heterocycles. The van der Waals surface area contributed by atoms with Crippen LogP contribution in [0, 0.1) is 6.92 Å². The van der Waals surface area contributed by atoms with Crippen LogP contribution in [0.15, 0.2) is 48.5 Å². The summed E-state index contributed by atoms with van der Waals surface area (Å²) in [5, 5.41) is 2.72. The molecular formula is C17H17NO3. The van der Waals surface area contributed by atoms with Crippen molar-refractivity contribution in [2.24, 2.45) is 0 Å². The Morgan fingerprint density at radius 3 is 2.38 bits per heavy atom. The fraction of sp³-hybridized carbons (Fsp3) is 0.176. The molecule has 108 valence electrons. The predicted molar refractivity (Wildman–Crippen MR) is 81.6 cm³/mol. The summed E-state index contributed by atoms with van der Waals surface area (Å²) < 4.78 is 5.72. The minimum Gasteiger partial charge on any atom is -0.457 e. The monoisotopic (exact) mass is 283 g/mol. The molecule has 0 bridgehead atoms. The molecule has 0 radical (unpaired) electrons. The van der Waals surface area contributed by atoms with Crippen molar-refractivity contribution in [2.45, 2.75) is 20.3 Å². The fourth-order valence-electron chi connectivity index (χ4n) is 1.89.